The third kappa shape index (κ3) is 8.10. The number of nitrogens with one attached hydrogen (secondary N) is 1. The van der Waals surface area contributed by atoms with Crippen LogP contribution in [0.3, 0.4) is 0 Å². The topological polar surface area (TPSA) is 101 Å². The fourth-order valence-electron chi connectivity index (χ4n) is 5.30. The van der Waals surface area contributed by atoms with Gasteiger partial charge in [0.15, 0.2) is 0 Å². The van der Waals surface area contributed by atoms with Crippen molar-refractivity contribution in [1.82, 2.24) is 19.4 Å². The van der Waals surface area contributed by atoms with Crippen LogP contribution in [0.5, 0.6) is 11.5 Å². The van der Waals surface area contributed by atoms with Gasteiger partial charge < -0.3 is 14.4 Å². The maximum absolute atomic E-state index is 15.2. The summed E-state index contributed by atoms with van der Waals surface area (Å²) in [5.74, 6) is 1.54. The van der Waals surface area contributed by atoms with Gasteiger partial charge in [-0.25, -0.2) is 4.21 Å². The van der Waals surface area contributed by atoms with Crippen molar-refractivity contribution >= 4 is 33.0 Å². The second kappa shape index (κ2) is 14.1. The highest BCUT2D eigenvalue weighted by Gasteiger charge is 2.30. The number of nitrogens with zero attached hydrogens (tertiary/aromatic N) is 5. The Balaban J connectivity index is 1.78. The Labute approximate surface area is 260 Å². The predicted octanol–water partition coefficient (Wildman–Crippen LogP) is 5.50. The number of methoxy groups -OCH3 is 2. The molecule has 3 aromatic rings. The van der Waals surface area contributed by atoms with Crippen molar-refractivity contribution in [3.63, 3.8) is 0 Å². The van der Waals surface area contributed by atoms with Crippen molar-refractivity contribution < 1.29 is 18.5 Å². The number of thiophene rings is 1. The van der Waals surface area contributed by atoms with Gasteiger partial charge in [0.2, 0.25) is 16.0 Å². The molecule has 1 N–H and O–H groups in total. The highest BCUT2D eigenvalue weighted by molar-refractivity contribution is 7.93. The molecule has 0 saturated carbocycles. The van der Waals surface area contributed by atoms with Crippen molar-refractivity contribution in [2.75, 3.05) is 38.7 Å². The minimum Gasteiger partial charge on any atom is -0.497 e. The average molecular weight is 631 g/mol. The zero-order valence-corrected chi connectivity index (χ0v) is 28.3. The van der Waals surface area contributed by atoms with Crippen LogP contribution in [0.15, 0.2) is 41.0 Å². The predicted molar refractivity (Wildman–Crippen MR) is 174 cm³/mol. The fraction of sp³-hybridized carbons (Fsp3) is 0.548. The molecule has 236 valence electrons. The molecule has 12 heteroatoms. The number of amides is 1. The number of piperidine rings is 1. The summed E-state index contributed by atoms with van der Waals surface area (Å²) in [7, 11) is 3.54. The third-order valence-corrected chi connectivity index (χ3v) is 11.3. The van der Waals surface area contributed by atoms with Crippen LogP contribution in [0.25, 0.3) is 0 Å². The van der Waals surface area contributed by atoms with E-state index in [9.17, 15) is 4.79 Å². The van der Waals surface area contributed by atoms with Gasteiger partial charge in [-0.05, 0) is 62.0 Å². The van der Waals surface area contributed by atoms with Crippen LogP contribution >= 0.6 is 11.3 Å². The van der Waals surface area contributed by atoms with Gasteiger partial charge in [0.1, 0.15) is 11.5 Å². The van der Waals surface area contributed by atoms with Crippen LogP contribution < -0.4 is 18.5 Å². The van der Waals surface area contributed by atoms with Crippen LogP contribution in [0.1, 0.15) is 73.3 Å². The lowest BCUT2D eigenvalue weighted by Crippen LogP contribution is -2.46. The number of ether oxygens (including phenoxy) is 2. The summed E-state index contributed by atoms with van der Waals surface area (Å²) in [6.45, 7) is 10.4. The number of aryl methyl sites for hydroxylation is 1. The molecule has 2 atom stereocenters. The van der Waals surface area contributed by atoms with E-state index in [2.05, 4.69) is 48.5 Å². The van der Waals surface area contributed by atoms with Crippen LogP contribution in [0.4, 0.5) is 5.69 Å². The van der Waals surface area contributed by atoms with E-state index in [4.69, 9.17) is 13.8 Å². The highest BCUT2D eigenvalue weighted by Crippen LogP contribution is 2.34. The molecule has 1 saturated heterocycles. The second-order valence-corrected chi connectivity index (χ2v) is 14.8. The lowest BCUT2D eigenvalue weighted by atomic mass is 10.0. The second-order valence-electron chi connectivity index (χ2n) is 11.8. The molecule has 1 aliphatic rings. The third-order valence-electron chi connectivity index (χ3n) is 7.53. The Morgan fingerprint density at radius 3 is 2.53 bits per heavy atom. The van der Waals surface area contributed by atoms with Gasteiger partial charge >= 0.3 is 0 Å². The molecular formula is C31H46N6O4S2. The minimum absolute atomic E-state index is 0.126. The SMILES string of the molecule is COc1ccc(CN(c2cnn(C)c2)S(=O)(=NC2CCCN(C)C2)NC(=O)Cc2cc(C(C)C)sc2C(C)C)c(OC)c1. The zero-order valence-electron chi connectivity index (χ0n) is 26.6. The molecule has 1 amide bonds. The first-order chi connectivity index (χ1) is 20.4. The van der Waals surface area contributed by atoms with Gasteiger partial charge in [0, 0.05) is 41.2 Å². The molecule has 2 aromatic heterocycles. The quantitative estimate of drug-likeness (QED) is 0.284. The number of likely N-dealkylation sites (tertiary alicyclic amines) is 1. The number of hydrogen-bond donors (Lipinski definition) is 1. The standard InChI is InChI=1S/C31H46N6O4S2/c1-21(2)29-14-24(31(42-29)22(3)4)15-30(38)34-43(39,33-25-10-9-13-35(5)19-25)37(26-17-32-36(6)20-26)18-23-11-12-27(40-7)16-28(23)41-8/h11-12,14,16-17,20-22,25H,9-10,13,15,18-19H2,1-8H3,(H,33,34,38,39). The smallest absolute Gasteiger partial charge is 0.238 e. The molecule has 0 bridgehead atoms. The fourth-order valence-corrected chi connectivity index (χ4v) is 8.40. The molecule has 0 radical (unpaired) electrons. The maximum atomic E-state index is 15.2. The van der Waals surface area contributed by atoms with Gasteiger partial charge in [-0.3, -0.25) is 18.5 Å². The van der Waals surface area contributed by atoms with E-state index in [1.165, 1.54) is 9.75 Å². The van der Waals surface area contributed by atoms with E-state index < -0.39 is 10.1 Å². The lowest BCUT2D eigenvalue weighted by molar-refractivity contribution is -0.118. The highest BCUT2D eigenvalue weighted by atomic mass is 32.2. The van der Waals surface area contributed by atoms with Gasteiger partial charge in [0.05, 0.1) is 45.1 Å². The Hall–Kier alpha value is -3.09. The first-order valence-corrected chi connectivity index (χ1v) is 17.1. The normalized spacial score (nSPS) is 17.1. The monoisotopic (exact) mass is 630 g/mol. The van der Waals surface area contributed by atoms with Gasteiger partial charge in [-0.15, -0.1) is 11.3 Å². The number of carbonyl (C=O) groups excluding carboxylic acids is 1. The summed E-state index contributed by atoms with van der Waals surface area (Å²) in [5, 5.41) is 4.36. The largest absolute Gasteiger partial charge is 0.497 e. The van der Waals surface area contributed by atoms with Crippen LogP contribution in [0, 0.1) is 0 Å². The first-order valence-electron chi connectivity index (χ1n) is 14.8. The molecule has 4 rings (SSSR count). The molecular weight excluding hydrogens is 585 g/mol. The summed E-state index contributed by atoms with van der Waals surface area (Å²) in [5.41, 5.74) is 2.33. The summed E-state index contributed by atoms with van der Waals surface area (Å²) in [6, 6.07) is 7.43. The maximum Gasteiger partial charge on any atom is 0.238 e. The molecule has 10 nitrogen and oxygen atoms in total. The van der Waals surface area contributed by atoms with Crippen molar-refractivity contribution in [2.24, 2.45) is 11.4 Å². The van der Waals surface area contributed by atoms with E-state index >= 15 is 4.21 Å². The Kier molecular flexibility index (Phi) is 10.8. The molecule has 1 aliphatic heterocycles. The van der Waals surface area contributed by atoms with Crippen molar-refractivity contribution in [3.05, 3.63) is 57.5 Å². The number of anilines is 1. The molecule has 0 aliphatic carbocycles. The van der Waals surface area contributed by atoms with E-state index in [1.54, 1.807) is 60.1 Å². The van der Waals surface area contributed by atoms with Crippen LogP contribution in [-0.2, 0) is 34.9 Å². The van der Waals surface area contributed by atoms with E-state index in [1.807, 2.05) is 19.2 Å². The summed E-state index contributed by atoms with van der Waals surface area (Å²) < 4.78 is 37.5. The Morgan fingerprint density at radius 2 is 1.93 bits per heavy atom. The molecule has 43 heavy (non-hydrogen) atoms. The number of rotatable bonds is 12. The Bertz CT molecular complexity index is 1520. The van der Waals surface area contributed by atoms with Crippen molar-refractivity contribution in [1.29, 1.82) is 0 Å². The first kappa shape index (κ1) is 32.8. The van der Waals surface area contributed by atoms with E-state index in [0.29, 0.717) is 29.6 Å². The number of likely N-dealkylation sites (N-methyl/N-ethyl adjacent to an activating group) is 1. The summed E-state index contributed by atoms with van der Waals surface area (Å²) in [6.07, 6.45) is 5.30. The number of hydrogen-bond acceptors (Lipinski definition) is 8. The number of aromatic nitrogens is 2. The Morgan fingerprint density at radius 1 is 1.16 bits per heavy atom. The summed E-state index contributed by atoms with van der Waals surface area (Å²) in [4.78, 5) is 18.5. The van der Waals surface area contributed by atoms with Crippen LogP contribution in [0.2, 0.25) is 0 Å². The summed E-state index contributed by atoms with van der Waals surface area (Å²) >= 11 is 1.75. The molecule has 1 fully saturated rings. The average Bonchev–Trinajstić information content (AvgIpc) is 3.57. The van der Waals surface area contributed by atoms with Gasteiger partial charge in [-0.1, -0.05) is 27.7 Å². The molecule has 3 heterocycles. The number of benzene rings is 1. The molecule has 2 unspecified atom stereocenters. The van der Waals surface area contributed by atoms with E-state index in [-0.39, 0.29) is 30.8 Å². The number of carbonyl (C=O) groups is 1. The molecule has 1 aromatic carbocycles. The van der Waals surface area contributed by atoms with Crippen molar-refractivity contribution in [2.45, 2.75) is 71.4 Å². The van der Waals surface area contributed by atoms with Gasteiger partial charge in [-0.2, -0.15) is 9.46 Å². The minimum atomic E-state index is -3.50. The lowest BCUT2D eigenvalue weighted by Gasteiger charge is -2.32. The van der Waals surface area contributed by atoms with Crippen LogP contribution in [-0.4, -0.2) is 65.2 Å². The zero-order chi connectivity index (χ0) is 31.3. The molecule has 0 spiro atoms. The van der Waals surface area contributed by atoms with Gasteiger partial charge in [0.25, 0.3) is 0 Å². The van der Waals surface area contributed by atoms with E-state index in [0.717, 1.165) is 30.5 Å². The van der Waals surface area contributed by atoms with Crippen molar-refractivity contribution in [3.8, 4) is 11.5 Å².